The molecule has 0 fully saturated rings. The van der Waals surface area contributed by atoms with Crippen LogP contribution in [0, 0.1) is 5.41 Å². The normalized spacial score (nSPS) is 11.5. The molecule has 0 heterocycles. The molecule has 0 rings (SSSR count). The van der Waals surface area contributed by atoms with Crippen molar-refractivity contribution in [3.63, 3.8) is 0 Å². The van der Waals surface area contributed by atoms with Crippen LogP contribution in [-0.2, 0) is 0 Å². The lowest BCUT2D eigenvalue weighted by Crippen LogP contribution is -2.11. The summed E-state index contributed by atoms with van der Waals surface area (Å²) in [4.78, 5) is 0. The van der Waals surface area contributed by atoms with E-state index in [0.717, 1.165) is 0 Å². The molecule has 0 atom stereocenters. The van der Waals surface area contributed by atoms with E-state index < -0.39 is 0 Å². The molecule has 0 aliphatic heterocycles. The zero-order valence-electron chi connectivity index (χ0n) is 4.94. The van der Waals surface area contributed by atoms with Gasteiger partial charge in [0.15, 0.2) is 0 Å². The largest absolute Gasteiger partial charge is 0.401 e. The summed E-state index contributed by atoms with van der Waals surface area (Å²) in [7, 11) is 0. The molecule has 0 unspecified atom stereocenters. The molecule has 3 nitrogen and oxygen atoms in total. The Kier molecular flexibility index (Phi) is 2.88. The molecule has 5 N–H and O–H groups in total. The van der Waals surface area contributed by atoms with E-state index in [9.17, 15) is 0 Å². The van der Waals surface area contributed by atoms with Gasteiger partial charge in [-0.25, -0.2) is 0 Å². The van der Waals surface area contributed by atoms with E-state index in [1.807, 2.05) is 0 Å². The van der Waals surface area contributed by atoms with Crippen LogP contribution in [0.25, 0.3) is 0 Å². The highest BCUT2D eigenvalue weighted by atomic mass is 14.7. The van der Waals surface area contributed by atoms with E-state index in [4.69, 9.17) is 16.9 Å². The van der Waals surface area contributed by atoms with Crippen molar-refractivity contribution >= 4 is 5.71 Å². The number of nitrogens with one attached hydrogen (secondary N) is 1. The molecule has 46 valence electrons. The van der Waals surface area contributed by atoms with Crippen LogP contribution in [0.4, 0.5) is 0 Å². The molecule has 0 aromatic carbocycles. The predicted molar refractivity (Wildman–Crippen MR) is 34.7 cm³/mol. The van der Waals surface area contributed by atoms with Gasteiger partial charge in [-0.1, -0.05) is 0 Å². The van der Waals surface area contributed by atoms with E-state index in [2.05, 4.69) is 0 Å². The van der Waals surface area contributed by atoms with Crippen molar-refractivity contribution < 1.29 is 0 Å². The zero-order chi connectivity index (χ0) is 6.57. The standard InChI is InChI=1S/C5H11N3/c1-4(7)2-5(8)3-6/h2,7H,3,6,8H2,1H3/b5-2+,7-4?. The van der Waals surface area contributed by atoms with Gasteiger partial charge < -0.3 is 16.9 Å². The van der Waals surface area contributed by atoms with Gasteiger partial charge in [-0.2, -0.15) is 0 Å². The summed E-state index contributed by atoms with van der Waals surface area (Å²) in [6.45, 7) is 1.98. The quantitative estimate of drug-likeness (QED) is 0.435. The minimum absolute atomic E-state index is 0.330. The molecule has 0 radical (unpaired) electrons. The third-order valence-electron chi connectivity index (χ3n) is 0.638. The Balaban J connectivity index is 3.75. The first-order valence-corrected chi connectivity index (χ1v) is 2.38. The molecule has 0 aromatic heterocycles. The summed E-state index contributed by atoms with van der Waals surface area (Å²) in [5.41, 5.74) is 11.4. The molecular formula is C5H11N3. The fourth-order valence-electron chi connectivity index (χ4n) is 0.337. The van der Waals surface area contributed by atoms with Crippen LogP contribution in [0.5, 0.6) is 0 Å². The second-order valence-corrected chi connectivity index (χ2v) is 1.61. The van der Waals surface area contributed by atoms with Gasteiger partial charge in [0.2, 0.25) is 0 Å². The van der Waals surface area contributed by atoms with Gasteiger partial charge in [-0.05, 0) is 13.0 Å². The van der Waals surface area contributed by atoms with Gasteiger partial charge in [0.1, 0.15) is 0 Å². The van der Waals surface area contributed by atoms with Gasteiger partial charge >= 0.3 is 0 Å². The van der Waals surface area contributed by atoms with E-state index in [-0.39, 0.29) is 0 Å². The fraction of sp³-hybridized carbons (Fsp3) is 0.400. The smallest absolute Gasteiger partial charge is 0.0327 e. The predicted octanol–water partition coefficient (Wildman–Crippen LogP) is -0.173. The summed E-state index contributed by atoms with van der Waals surface area (Å²) in [6, 6.07) is 0. The molecule has 0 bridgehead atoms. The van der Waals surface area contributed by atoms with E-state index >= 15 is 0 Å². The van der Waals surface area contributed by atoms with Crippen molar-refractivity contribution in [3.05, 3.63) is 11.8 Å². The summed E-state index contributed by atoms with van der Waals surface area (Å²) in [6.07, 6.45) is 1.54. The molecule has 0 aromatic rings. The number of hydrogen-bond donors (Lipinski definition) is 3. The average molecular weight is 113 g/mol. The van der Waals surface area contributed by atoms with Crippen molar-refractivity contribution in [1.29, 1.82) is 5.41 Å². The Morgan fingerprint density at radius 1 is 1.75 bits per heavy atom. The van der Waals surface area contributed by atoms with Crippen LogP contribution in [0.1, 0.15) is 6.92 Å². The van der Waals surface area contributed by atoms with E-state index in [0.29, 0.717) is 18.0 Å². The third-order valence-corrected chi connectivity index (χ3v) is 0.638. The summed E-state index contributed by atoms with van der Waals surface area (Å²) < 4.78 is 0. The first-order valence-electron chi connectivity index (χ1n) is 2.38. The van der Waals surface area contributed by atoms with Gasteiger partial charge in [0, 0.05) is 18.0 Å². The van der Waals surface area contributed by atoms with Crippen LogP contribution in [0.3, 0.4) is 0 Å². The number of nitrogens with two attached hydrogens (primary N) is 2. The molecule has 0 aliphatic carbocycles. The second-order valence-electron chi connectivity index (χ2n) is 1.61. The minimum atomic E-state index is 0.330. The topological polar surface area (TPSA) is 75.9 Å². The second kappa shape index (κ2) is 3.21. The molecule has 0 aliphatic rings. The number of allylic oxidation sites excluding steroid dienone is 1. The Morgan fingerprint density at radius 3 is 2.38 bits per heavy atom. The van der Waals surface area contributed by atoms with Crippen LogP contribution in [0.15, 0.2) is 11.8 Å². The SMILES string of the molecule is CC(=N)/C=C(/N)CN. The van der Waals surface area contributed by atoms with Gasteiger partial charge in [0.25, 0.3) is 0 Å². The van der Waals surface area contributed by atoms with Crippen LogP contribution in [0.2, 0.25) is 0 Å². The van der Waals surface area contributed by atoms with Crippen molar-refractivity contribution in [1.82, 2.24) is 0 Å². The summed E-state index contributed by atoms with van der Waals surface area (Å²) in [5, 5.41) is 6.92. The van der Waals surface area contributed by atoms with Crippen molar-refractivity contribution in [3.8, 4) is 0 Å². The lowest BCUT2D eigenvalue weighted by atomic mass is 10.3. The monoisotopic (exact) mass is 113 g/mol. The third kappa shape index (κ3) is 3.36. The maximum Gasteiger partial charge on any atom is 0.0327 e. The Hall–Kier alpha value is -0.830. The molecular weight excluding hydrogens is 102 g/mol. The number of hydrogen-bond acceptors (Lipinski definition) is 3. The molecule has 8 heavy (non-hydrogen) atoms. The first-order chi connectivity index (χ1) is 3.66. The molecule has 0 saturated heterocycles. The maximum absolute atomic E-state index is 6.92. The first kappa shape index (κ1) is 7.17. The summed E-state index contributed by atoms with van der Waals surface area (Å²) >= 11 is 0. The molecule has 0 spiro atoms. The van der Waals surface area contributed by atoms with Crippen LogP contribution >= 0.6 is 0 Å². The lowest BCUT2D eigenvalue weighted by molar-refractivity contribution is 1.11. The molecule has 0 amide bonds. The molecule has 0 saturated carbocycles. The lowest BCUT2D eigenvalue weighted by Gasteiger charge is -1.91. The highest BCUT2D eigenvalue weighted by Crippen LogP contribution is 1.79. The maximum atomic E-state index is 6.92. The minimum Gasteiger partial charge on any atom is -0.401 e. The van der Waals surface area contributed by atoms with Crippen molar-refractivity contribution in [2.75, 3.05) is 6.54 Å². The van der Waals surface area contributed by atoms with Crippen molar-refractivity contribution in [2.45, 2.75) is 6.92 Å². The van der Waals surface area contributed by atoms with Gasteiger partial charge in [0.05, 0.1) is 0 Å². The summed E-state index contributed by atoms with van der Waals surface area (Å²) in [5.74, 6) is 0. The highest BCUT2D eigenvalue weighted by molar-refractivity contribution is 5.90. The zero-order valence-corrected chi connectivity index (χ0v) is 4.94. The van der Waals surface area contributed by atoms with Crippen LogP contribution < -0.4 is 11.5 Å². The average Bonchev–Trinajstić information content (AvgIpc) is 1.65. The van der Waals surface area contributed by atoms with Gasteiger partial charge in [-0.15, -0.1) is 0 Å². The van der Waals surface area contributed by atoms with Gasteiger partial charge in [-0.3, -0.25) is 0 Å². The Labute approximate surface area is 48.9 Å². The van der Waals surface area contributed by atoms with Crippen LogP contribution in [-0.4, -0.2) is 12.3 Å². The molecule has 3 heteroatoms. The van der Waals surface area contributed by atoms with E-state index in [1.54, 1.807) is 13.0 Å². The Morgan fingerprint density at radius 2 is 2.25 bits per heavy atom. The van der Waals surface area contributed by atoms with E-state index in [1.165, 1.54) is 0 Å². The Bertz CT molecular complexity index is 115. The highest BCUT2D eigenvalue weighted by Gasteiger charge is 1.82. The fourth-order valence-corrected chi connectivity index (χ4v) is 0.337. The number of rotatable bonds is 2. The van der Waals surface area contributed by atoms with Crippen molar-refractivity contribution in [2.24, 2.45) is 11.5 Å².